The smallest absolute Gasteiger partial charge is 0.0552 e. The molecule has 0 saturated heterocycles. The van der Waals surface area contributed by atoms with Crippen molar-refractivity contribution >= 4 is 16.5 Å². The molecule has 0 radical (unpaired) electrons. The zero-order valence-corrected chi connectivity index (χ0v) is 11.5. The van der Waals surface area contributed by atoms with Gasteiger partial charge in [-0.2, -0.15) is 0 Å². The Morgan fingerprint density at radius 1 is 0.800 bits per heavy atom. The number of benzene rings is 3. The molecule has 0 amide bonds. The summed E-state index contributed by atoms with van der Waals surface area (Å²) in [7, 11) is 1.92. The molecule has 3 aromatic rings. The molecule has 0 spiro atoms. The van der Waals surface area contributed by atoms with Crippen LogP contribution >= 0.6 is 0 Å². The van der Waals surface area contributed by atoms with Gasteiger partial charge in [0, 0.05) is 12.7 Å². The minimum Gasteiger partial charge on any atom is -0.388 e. The average molecular weight is 262 g/mol. The number of hydrogen-bond acceptors (Lipinski definition) is 2. The lowest BCUT2D eigenvalue weighted by molar-refractivity contribution is 0.874. The molecule has 20 heavy (non-hydrogen) atoms. The summed E-state index contributed by atoms with van der Waals surface area (Å²) in [6, 6.07) is 22.9. The highest BCUT2D eigenvalue weighted by Gasteiger charge is 2.09. The Kier molecular flexibility index (Phi) is 3.40. The van der Waals surface area contributed by atoms with E-state index in [9.17, 15) is 0 Å². The molecule has 0 aliphatic heterocycles. The maximum absolute atomic E-state index is 6.40. The Morgan fingerprint density at radius 2 is 1.55 bits per heavy atom. The van der Waals surface area contributed by atoms with Crippen LogP contribution in [0.1, 0.15) is 17.2 Å². The van der Waals surface area contributed by atoms with Gasteiger partial charge in [0.25, 0.3) is 0 Å². The molecule has 1 atom stereocenters. The second kappa shape index (κ2) is 5.35. The topological polar surface area (TPSA) is 38.0 Å². The number of anilines is 1. The third-order valence-electron chi connectivity index (χ3n) is 3.67. The lowest BCUT2D eigenvalue weighted by Gasteiger charge is -2.14. The van der Waals surface area contributed by atoms with Crippen molar-refractivity contribution < 1.29 is 0 Å². The molecule has 0 fully saturated rings. The number of fused-ring (bicyclic) bond motifs is 1. The van der Waals surface area contributed by atoms with Crippen LogP contribution in [0.3, 0.4) is 0 Å². The first-order chi connectivity index (χ1) is 9.78. The summed E-state index contributed by atoms with van der Waals surface area (Å²) in [4.78, 5) is 0. The highest BCUT2D eigenvalue weighted by Crippen LogP contribution is 2.25. The van der Waals surface area contributed by atoms with E-state index in [4.69, 9.17) is 5.73 Å². The number of nitrogens with one attached hydrogen (secondary N) is 1. The van der Waals surface area contributed by atoms with Crippen molar-refractivity contribution in [2.45, 2.75) is 6.04 Å². The van der Waals surface area contributed by atoms with Crippen LogP contribution in [-0.2, 0) is 0 Å². The van der Waals surface area contributed by atoms with E-state index in [0.29, 0.717) is 0 Å². The van der Waals surface area contributed by atoms with Crippen LogP contribution in [0.5, 0.6) is 0 Å². The highest BCUT2D eigenvalue weighted by molar-refractivity contribution is 5.83. The minimum atomic E-state index is -0.104. The molecule has 1 unspecified atom stereocenters. The molecule has 0 aliphatic rings. The first-order valence-electron chi connectivity index (χ1n) is 6.80. The van der Waals surface area contributed by atoms with Gasteiger partial charge in [-0.3, -0.25) is 0 Å². The molecule has 2 heteroatoms. The Bertz CT molecular complexity index is 734. The number of hydrogen-bond donors (Lipinski definition) is 2. The van der Waals surface area contributed by atoms with Crippen molar-refractivity contribution in [1.29, 1.82) is 0 Å². The Balaban J connectivity index is 2.00. The first kappa shape index (κ1) is 12.7. The van der Waals surface area contributed by atoms with E-state index in [1.54, 1.807) is 0 Å². The zero-order chi connectivity index (χ0) is 13.9. The lowest BCUT2D eigenvalue weighted by Crippen LogP contribution is -2.12. The molecule has 3 N–H and O–H groups in total. The third kappa shape index (κ3) is 2.38. The van der Waals surface area contributed by atoms with E-state index in [1.165, 1.54) is 10.8 Å². The van der Waals surface area contributed by atoms with Crippen LogP contribution in [0.4, 0.5) is 5.69 Å². The highest BCUT2D eigenvalue weighted by atomic mass is 14.8. The molecular weight excluding hydrogens is 244 g/mol. The predicted molar refractivity (Wildman–Crippen MR) is 86.0 cm³/mol. The lowest BCUT2D eigenvalue weighted by atomic mass is 9.97. The second-order valence-corrected chi connectivity index (χ2v) is 4.96. The van der Waals surface area contributed by atoms with Gasteiger partial charge in [-0.15, -0.1) is 0 Å². The predicted octanol–water partition coefficient (Wildman–Crippen LogP) is 3.93. The van der Waals surface area contributed by atoms with Gasteiger partial charge in [0.05, 0.1) is 6.04 Å². The first-order valence-corrected chi connectivity index (χ1v) is 6.80. The van der Waals surface area contributed by atoms with E-state index in [2.05, 4.69) is 59.9 Å². The summed E-state index contributed by atoms with van der Waals surface area (Å²) >= 11 is 0. The maximum atomic E-state index is 6.40. The van der Waals surface area contributed by atoms with Gasteiger partial charge in [0.2, 0.25) is 0 Å². The summed E-state index contributed by atoms with van der Waals surface area (Å²) in [5.41, 5.74) is 9.74. The summed E-state index contributed by atoms with van der Waals surface area (Å²) < 4.78 is 0. The van der Waals surface area contributed by atoms with E-state index >= 15 is 0 Å². The SMILES string of the molecule is CNc1cccc(C(N)c2ccc3ccccc3c2)c1. The molecule has 0 bridgehead atoms. The van der Waals surface area contributed by atoms with Gasteiger partial charge in [0.1, 0.15) is 0 Å². The fourth-order valence-corrected chi connectivity index (χ4v) is 2.48. The Labute approximate surface area is 119 Å². The summed E-state index contributed by atoms with van der Waals surface area (Å²) in [6.45, 7) is 0. The van der Waals surface area contributed by atoms with Gasteiger partial charge in [-0.25, -0.2) is 0 Å². The monoisotopic (exact) mass is 262 g/mol. The molecule has 100 valence electrons. The van der Waals surface area contributed by atoms with Crippen LogP contribution in [0.25, 0.3) is 10.8 Å². The van der Waals surface area contributed by atoms with Gasteiger partial charge in [-0.1, -0.05) is 48.5 Å². The van der Waals surface area contributed by atoms with E-state index in [0.717, 1.165) is 16.8 Å². The maximum Gasteiger partial charge on any atom is 0.0552 e. The summed E-state index contributed by atoms with van der Waals surface area (Å²) in [5.74, 6) is 0. The largest absolute Gasteiger partial charge is 0.388 e. The number of nitrogens with two attached hydrogens (primary N) is 1. The molecule has 0 heterocycles. The Morgan fingerprint density at radius 3 is 2.35 bits per heavy atom. The third-order valence-corrected chi connectivity index (χ3v) is 3.67. The van der Waals surface area contributed by atoms with Crippen LogP contribution < -0.4 is 11.1 Å². The minimum absolute atomic E-state index is 0.104. The molecular formula is C18H18N2. The van der Waals surface area contributed by atoms with Gasteiger partial charge in [-0.05, 0) is 40.1 Å². The molecule has 0 aromatic heterocycles. The van der Waals surface area contributed by atoms with Gasteiger partial charge in [0.15, 0.2) is 0 Å². The van der Waals surface area contributed by atoms with Crippen molar-refractivity contribution in [2.24, 2.45) is 5.73 Å². The van der Waals surface area contributed by atoms with Crippen LogP contribution in [-0.4, -0.2) is 7.05 Å². The zero-order valence-electron chi connectivity index (χ0n) is 11.5. The van der Waals surface area contributed by atoms with Gasteiger partial charge < -0.3 is 11.1 Å². The molecule has 3 rings (SSSR count). The fourth-order valence-electron chi connectivity index (χ4n) is 2.48. The van der Waals surface area contributed by atoms with E-state index in [-0.39, 0.29) is 6.04 Å². The number of rotatable bonds is 3. The fraction of sp³-hybridized carbons (Fsp3) is 0.111. The van der Waals surface area contributed by atoms with E-state index < -0.39 is 0 Å². The quantitative estimate of drug-likeness (QED) is 0.750. The summed E-state index contributed by atoms with van der Waals surface area (Å²) in [5, 5.41) is 5.62. The summed E-state index contributed by atoms with van der Waals surface area (Å²) in [6.07, 6.45) is 0. The van der Waals surface area contributed by atoms with Crippen LogP contribution in [0.15, 0.2) is 66.7 Å². The van der Waals surface area contributed by atoms with Crippen molar-refractivity contribution in [2.75, 3.05) is 12.4 Å². The van der Waals surface area contributed by atoms with Gasteiger partial charge >= 0.3 is 0 Å². The van der Waals surface area contributed by atoms with E-state index in [1.807, 2.05) is 19.2 Å². The Hall–Kier alpha value is -2.32. The molecule has 0 aliphatic carbocycles. The van der Waals surface area contributed by atoms with Crippen molar-refractivity contribution in [3.63, 3.8) is 0 Å². The van der Waals surface area contributed by atoms with Crippen molar-refractivity contribution in [1.82, 2.24) is 0 Å². The normalized spacial score (nSPS) is 12.3. The average Bonchev–Trinajstić information content (AvgIpc) is 2.53. The second-order valence-electron chi connectivity index (χ2n) is 4.96. The van der Waals surface area contributed by atoms with Crippen LogP contribution in [0.2, 0.25) is 0 Å². The molecule has 2 nitrogen and oxygen atoms in total. The molecule has 3 aromatic carbocycles. The standard InChI is InChI=1S/C18H18N2/c1-20-17-8-4-7-15(12-17)18(19)16-10-9-13-5-2-3-6-14(13)11-16/h2-12,18,20H,19H2,1H3. The van der Waals surface area contributed by atoms with Crippen molar-refractivity contribution in [3.05, 3.63) is 77.9 Å². The van der Waals surface area contributed by atoms with Crippen LogP contribution in [0, 0.1) is 0 Å². The van der Waals surface area contributed by atoms with Crippen molar-refractivity contribution in [3.8, 4) is 0 Å². The molecule has 0 saturated carbocycles.